The number of methoxy groups -OCH3 is 2. The summed E-state index contributed by atoms with van der Waals surface area (Å²) in [5, 5.41) is 12.4. The maximum atomic E-state index is 10.3. The van der Waals surface area contributed by atoms with Gasteiger partial charge in [-0.05, 0) is 35.0 Å². The molecule has 3 nitrogen and oxygen atoms in total. The predicted molar refractivity (Wildman–Crippen MR) is 84.2 cm³/mol. The fourth-order valence-corrected chi connectivity index (χ4v) is 2.54. The van der Waals surface area contributed by atoms with Gasteiger partial charge < -0.3 is 14.6 Å². The molecule has 0 atom stereocenters. The van der Waals surface area contributed by atoms with Crippen LogP contribution in [-0.2, 0) is 0 Å². The highest BCUT2D eigenvalue weighted by molar-refractivity contribution is 6.01. The summed E-state index contributed by atoms with van der Waals surface area (Å²) < 4.78 is 10.7. The average Bonchev–Trinajstić information content (AvgIpc) is 2.54. The first-order chi connectivity index (χ1) is 10.2. The molecule has 0 unspecified atom stereocenters. The van der Waals surface area contributed by atoms with E-state index in [1.54, 1.807) is 26.4 Å². The van der Waals surface area contributed by atoms with Gasteiger partial charge in [-0.1, -0.05) is 30.3 Å². The number of phenols is 1. The van der Waals surface area contributed by atoms with Crippen LogP contribution in [0.5, 0.6) is 17.2 Å². The maximum Gasteiger partial charge on any atom is 0.127 e. The third-order valence-electron chi connectivity index (χ3n) is 3.58. The molecule has 0 amide bonds. The molecule has 106 valence electrons. The van der Waals surface area contributed by atoms with Crippen LogP contribution in [0, 0.1) is 0 Å². The molecule has 0 fully saturated rings. The lowest BCUT2D eigenvalue weighted by Gasteiger charge is -2.14. The normalized spacial score (nSPS) is 10.6. The third-order valence-corrected chi connectivity index (χ3v) is 3.58. The van der Waals surface area contributed by atoms with Gasteiger partial charge in [0.2, 0.25) is 0 Å². The summed E-state index contributed by atoms with van der Waals surface area (Å²) in [6.07, 6.45) is 0. The lowest BCUT2D eigenvalue weighted by atomic mass is 9.96. The van der Waals surface area contributed by atoms with Crippen molar-refractivity contribution in [1.82, 2.24) is 0 Å². The van der Waals surface area contributed by atoms with Gasteiger partial charge in [0.25, 0.3) is 0 Å². The van der Waals surface area contributed by atoms with E-state index in [1.807, 2.05) is 42.5 Å². The van der Waals surface area contributed by atoms with Crippen LogP contribution in [0.3, 0.4) is 0 Å². The lowest BCUT2D eigenvalue weighted by Crippen LogP contribution is -1.91. The Labute approximate surface area is 123 Å². The van der Waals surface area contributed by atoms with Crippen LogP contribution in [0.4, 0.5) is 0 Å². The molecule has 0 radical (unpaired) electrons. The topological polar surface area (TPSA) is 38.7 Å². The second kappa shape index (κ2) is 5.37. The van der Waals surface area contributed by atoms with Crippen molar-refractivity contribution in [1.29, 1.82) is 0 Å². The molecular weight excluding hydrogens is 264 g/mol. The smallest absolute Gasteiger partial charge is 0.127 e. The molecular formula is C18H16O3. The minimum absolute atomic E-state index is 0.199. The summed E-state index contributed by atoms with van der Waals surface area (Å²) in [5.41, 5.74) is 1.56. The minimum Gasteiger partial charge on any atom is -0.507 e. The van der Waals surface area contributed by atoms with Crippen molar-refractivity contribution in [2.24, 2.45) is 0 Å². The highest BCUT2D eigenvalue weighted by atomic mass is 16.5. The van der Waals surface area contributed by atoms with Gasteiger partial charge in [-0.2, -0.15) is 0 Å². The number of aromatic hydroxyl groups is 1. The van der Waals surface area contributed by atoms with E-state index in [4.69, 9.17) is 9.47 Å². The molecule has 3 aromatic carbocycles. The number of fused-ring (bicyclic) bond motifs is 1. The van der Waals surface area contributed by atoms with Crippen molar-refractivity contribution in [2.75, 3.05) is 14.2 Å². The van der Waals surface area contributed by atoms with Crippen LogP contribution >= 0.6 is 0 Å². The Morgan fingerprint density at radius 3 is 2.43 bits per heavy atom. The van der Waals surface area contributed by atoms with Crippen LogP contribution in [0.1, 0.15) is 0 Å². The standard InChI is InChI=1S/C18H16O3/c1-20-13-8-9-16(19)15(11-13)18-14-6-4-3-5-12(14)7-10-17(18)21-2/h3-11,19H,1-2H3. The molecule has 3 rings (SSSR count). The Bertz CT molecular complexity index is 794. The second-order valence-corrected chi connectivity index (χ2v) is 4.75. The molecule has 0 spiro atoms. The monoisotopic (exact) mass is 280 g/mol. The van der Waals surface area contributed by atoms with Gasteiger partial charge in [0.15, 0.2) is 0 Å². The molecule has 0 aliphatic rings. The van der Waals surface area contributed by atoms with E-state index >= 15 is 0 Å². The number of hydrogen-bond acceptors (Lipinski definition) is 3. The molecule has 0 aliphatic heterocycles. The SMILES string of the molecule is COc1ccc(O)c(-c2c(OC)ccc3ccccc23)c1. The van der Waals surface area contributed by atoms with E-state index in [-0.39, 0.29) is 5.75 Å². The van der Waals surface area contributed by atoms with Gasteiger partial charge in [-0.3, -0.25) is 0 Å². The van der Waals surface area contributed by atoms with Crippen LogP contribution in [0.2, 0.25) is 0 Å². The van der Waals surface area contributed by atoms with Crippen molar-refractivity contribution in [2.45, 2.75) is 0 Å². The number of hydrogen-bond donors (Lipinski definition) is 1. The van der Waals surface area contributed by atoms with Gasteiger partial charge in [0.1, 0.15) is 17.2 Å². The summed E-state index contributed by atoms with van der Waals surface area (Å²) in [6.45, 7) is 0. The third kappa shape index (κ3) is 2.27. The van der Waals surface area contributed by atoms with E-state index in [9.17, 15) is 5.11 Å². The summed E-state index contributed by atoms with van der Waals surface area (Å²) in [5.74, 6) is 1.61. The van der Waals surface area contributed by atoms with E-state index in [0.29, 0.717) is 11.3 Å². The van der Waals surface area contributed by atoms with Crippen molar-refractivity contribution in [3.05, 3.63) is 54.6 Å². The maximum absolute atomic E-state index is 10.3. The zero-order valence-corrected chi connectivity index (χ0v) is 12.0. The Morgan fingerprint density at radius 1 is 0.857 bits per heavy atom. The molecule has 0 saturated carbocycles. The van der Waals surface area contributed by atoms with Crippen molar-refractivity contribution >= 4 is 10.8 Å². The lowest BCUT2D eigenvalue weighted by molar-refractivity contribution is 0.411. The summed E-state index contributed by atoms with van der Waals surface area (Å²) >= 11 is 0. The Kier molecular flexibility index (Phi) is 3.40. The molecule has 3 aromatic rings. The fourth-order valence-electron chi connectivity index (χ4n) is 2.54. The summed E-state index contributed by atoms with van der Waals surface area (Å²) in [4.78, 5) is 0. The van der Waals surface area contributed by atoms with Crippen molar-refractivity contribution < 1.29 is 14.6 Å². The molecule has 0 aliphatic carbocycles. The first-order valence-electron chi connectivity index (χ1n) is 6.67. The van der Waals surface area contributed by atoms with Gasteiger partial charge in [0, 0.05) is 11.1 Å². The van der Waals surface area contributed by atoms with Crippen LogP contribution in [-0.4, -0.2) is 19.3 Å². The summed E-state index contributed by atoms with van der Waals surface area (Å²) in [7, 11) is 3.24. The van der Waals surface area contributed by atoms with Gasteiger partial charge >= 0.3 is 0 Å². The van der Waals surface area contributed by atoms with Gasteiger partial charge in [-0.25, -0.2) is 0 Å². The van der Waals surface area contributed by atoms with E-state index in [0.717, 1.165) is 22.1 Å². The Balaban J connectivity index is 2.37. The molecule has 21 heavy (non-hydrogen) atoms. The quantitative estimate of drug-likeness (QED) is 0.780. The number of rotatable bonds is 3. The molecule has 1 N–H and O–H groups in total. The number of phenolic OH excluding ortho intramolecular Hbond substituents is 1. The highest BCUT2D eigenvalue weighted by Crippen LogP contribution is 2.42. The van der Waals surface area contributed by atoms with Crippen LogP contribution in [0.15, 0.2) is 54.6 Å². The Hall–Kier alpha value is -2.68. The van der Waals surface area contributed by atoms with Crippen LogP contribution < -0.4 is 9.47 Å². The second-order valence-electron chi connectivity index (χ2n) is 4.75. The van der Waals surface area contributed by atoms with E-state index in [2.05, 4.69) is 0 Å². The van der Waals surface area contributed by atoms with Gasteiger partial charge in [-0.15, -0.1) is 0 Å². The van der Waals surface area contributed by atoms with E-state index < -0.39 is 0 Å². The zero-order valence-electron chi connectivity index (χ0n) is 12.0. The molecule has 0 bridgehead atoms. The molecule has 0 saturated heterocycles. The van der Waals surface area contributed by atoms with E-state index in [1.165, 1.54) is 0 Å². The number of benzene rings is 3. The Morgan fingerprint density at radius 2 is 1.67 bits per heavy atom. The predicted octanol–water partition coefficient (Wildman–Crippen LogP) is 4.23. The molecule has 3 heteroatoms. The first kappa shape index (κ1) is 13.3. The van der Waals surface area contributed by atoms with Crippen LogP contribution in [0.25, 0.3) is 21.9 Å². The molecule has 0 heterocycles. The largest absolute Gasteiger partial charge is 0.507 e. The molecule has 0 aromatic heterocycles. The highest BCUT2D eigenvalue weighted by Gasteiger charge is 2.15. The first-order valence-corrected chi connectivity index (χ1v) is 6.67. The fraction of sp³-hybridized carbons (Fsp3) is 0.111. The van der Waals surface area contributed by atoms with Gasteiger partial charge in [0.05, 0.1) is 14.2 Å². The van der Waals surface area contributed by atoms with Crippen molar-refractivity contribution in [3.63, 3.8) is 0 Å². The zero-order chi connectivity index (χ0) is 14.8. The number of ether oxygens (including phenoxy) is 2. The van der Waals surface area contributed by atoms with Crippen molar-refractivity contribution in [3.8, 4) is 28.4 Å². The average molecular weight is 280 g/mol. The minimum atomic E-state index is 0.199. The summed E-state index contributed by atoms with van der Waals surface area (Å²) in [6, 6.07) is 17.1.